The standard InChI is InChI=1S/C5H8ClN3O2S/c1-2-3-4-7-5(9-8-4)12(6,10)11/h2-3H2,1H3,(H,7,8,9). The van der Waals surface area contributed by atoms with Crippen LogP contribution in [0.15, 0.2) is 5.16 Å². The SMILES string of the molecule is CCCc1nc(S(=O)(=O)Cl)n[nH]1. The molecule has 0 spiro atoms. The van der Waals surface area contributed by atoms with Gasteiger partial charge in [-0.05, 0) is 6.42 Å². The molecule has 0 aliphatic rings. The van der Waals surface area contributed by atoms with Gasteiger partial charge in [-0.3, -0.25) is 5.10 Å². The summed E-state index contributed by atoms with van der Waals surface area (Å²) in [5.74, 6) is 0.539. The van der Waals surface area contributed by atoms with Crippen LogP contribution in [0.4, 0.5) is 0 Å². The largest absolute Gasteiger partial charge is 0.298 e. The highest BCUT2D eigenvalue weighted by Gasteiger charge is 2.15. The Balaban J connectivity index is 2.92. The predicted molar refractivity (Wildman–Crippen MR) is 43.4 cm³/mol. The van der Waals surface area contributed by atoms with Crippen LogP contribution in [-0.4, -0.2) is 23.6 Å². The van der Waals surface area contributed by atoms with Crippen molar-refractivity contribution < 1.29 is 8.42 Å². The lowest BCUT2D eigenvalue weighted by atomic mass is 10.3. The van der Waals surface area contributed by atoms with E-state index in [1.54, 1.807) is 0 Å². The van der Waals surface area contributed by atoms with Gasteiger partial charge >= 0.3 is 0 Å². The molecule has 0 amide bonds. The average molecular weight is 210 g/mol. The van der Waals surface area contributed by atoms with Crippen molar-refractivity contribution in [3.05, 3.63) is 5.82 Å². The van der Waals surface area contributed by atoms with Crippen LogP contribution in [0.25, 0.3) is 0 Å². The van der Waals surface area contributed by atoms with Gasteiger partial charge in [0.2, 0.25) is 0 Å². The van der Waals surface area contributed by atoms with Gasteiger partial charge in [-0.25, -0.2) is 13.4 Å². The van der Waals surface area contributed by atoms with Crippen LogP contribution in [0.1, 0.15) is 19.2 Å². The first-order valence-corrected chi connectivity index (χ1v) is 5.71. The molecule has 0 saturated carbocycles. The molecule has 1 heterocycles. The molecule has 0 aliphatic heterocycles. The minimum atomic E-state index is -3.78. The molecular formula is C5H8ClN3O2S. The first kappa shape index (κ1) is 9.47. The minimum absolute atomic E-state index is 0.354. The Morgan fingerprint density at radius 1 is 1.58 bits per heavy atom. The van der Waals surface area contributed by atoms with Crippen LogP contribution in [0.2, 0.25) is 0 Å². The molecule has 0 unspecified atom stereocenters. The van der Waals surface area contributed by atoms with Crippen molar-refractivity contribution in [2.24, 2.45) is 0 Å². The lowest BCUT2D eigenvalue weighted by molar-refractivity contribution is 0.601. The van der Waals surface area contributed by atoms with E-state index in [-0.39, 0.29) is 5.16 Å². The van der Waals surface area contributed by atoms with E-state index >= 15 is 0 Å². The molecule has 68 valence electrons. The van der Waals surface area contributed by atoms with Crippen molar-refractivity contribution in [3.63, 3.8) is 0 Å². The molecule has 0 saturated heterocycles. The van der Waals surface area contributed by atoms with Crippen LogP contribution < -0.4 is 0 Å². The van der Waals surface area contributed by atoms with Crippen molar-refractivity contribution >= 4 is 19.7 Å². The molecule has 0 aliphatic carbocycles. The fourth-order valence-electron chi connectivity index (χ4n) is 0.735. The van der Waals surface area contributed by atoms with Crippen LogP contribution in [-0.2, 0) is 15.5 Å². The second kappa shape index (κ2) is 3.40. The number of hydrogen-bond acceptors (Lipinski definition) is 4. The zero-order valence-corrected chi connectivity index (χ0v) is 7.98. The molecule has 1 aromatic rings. The highest BCUT2D eigenvalue weighted by Crippen LogP contribution is 2.08. The summed E-state index contributed by atoms with van der Waals surface area (Å²) < 4.78 is 21.3. The number of hydrogen-bond donors (Lipinski definition) is 1. The van der Waals surface area contributed by atoms with E-state index in [9.17, 15) is 8.42 Å². The molecule has 0 atom stereocenters. The third-order valence-electron chi connectivity index (χ3n) is 1.22. The molecule has 1 N–H and O–H groups in total. The Kier molecular flexibility index (Phi) is 2.69. The summed E-state index contributed by atoms with van der Waals surface area (Å²) in [4.78, 5) is 3.68. The van der Waals surface area contributed by atoms with E-state index in [0.29, 0.717) is 12.2 Å². The Hall–Kier alpha value is -0.620. The normalized spacial score (nSPS) is 11.8. The number of aromatic nitrogens is 3. The average Bonchev–Trinajstić information content (AvgIpc) is 2.35. The van der Waals surface area contributed by atoms with Gasteiger partial charge in [0.25, 0.3) is 14.2 Å². The molecule has 1 rings (SSSR count). The minimum Gasteiger partial charge on any atom is -0.262 e. The Labute approximate surface area is 74.6 Å². The summed E-state index contributed by atoms with van der Waals surface area (Å²) in [6.45, 7) is 1.96. The van der Waals surface area contributed by atoms with Crippen molar-refractivity contribution in [1.82, 2.24) is 15.2 Å². The Morgan fingerprint density at radius 3 is 2.67 bits per heavy atom. The van der Waals surface area contributed by atoms with Crippen LogP contribution in [0.5, 0.6) is 0 Å². The van der Waals surface area contributed by atoms with Gasteiger partial charge in [-0.15, -0.1) is 5.10 Å². The molecule has 0 aromatic carbocycles. The lowest BCUT2D eigenvalue weighted by Crippen LogP contribution is -1.93. The molecule has 12 heavy (non-hydrogen) atoms. The van der Waals surface area contributed by atoms with Crippen LogP contribution in [0.3, 0.4) is 0 Å². The second-order valence-corrected chi connectivity index (χ2v) is 4.71. The van der Waals surface area contributed by atoms with E-state index in [4.69, 9.17) is 10.7 Å². The predicted octanol–water partition coefficient (Wildman–Crippen LogP) is 0.685. The van der Waals surface area contributed by atoms with Gasteiger partial charge in [0, 0.05) is 17.1 Å². The van der Waals surface area contributed by atoms with E-state index in [1.807, 2.05) is 6.92 Å². The Bertz CT molecular complexity index is 359. The number of H-pyrrole nitrogens is 1. The maximum absolute atomic E-state index is 10.7. The number of aryl methyl sites for hydroxylation is 1. The van der Waals surface area contributed by atoms with Gasteiger partial charge in [0.1, 0.15) is 5.82 Å². The summed E-state index contributed by atoms with van der Waals surface area (Å²) >= 11 is 0. The van der Waals surface area contributed by atoms with Gasteiger partial charge in [0.05, 0.1) is 0 Å². The number of rotatable bonds is 3. The summed E-state index contributed by atoms with van der Waals surface area (Å²) in [7, 11) is 1.22. The van der Waals surface area contributed by atoms with Crippen LogP contribution >= 0.6 is 10.7 Å². The second-order valence-electron chi connectivity index (χ2n) is 2.25. The van der Waals surface area contributed by atoms with Gasteiger partial charge in [0.15, 0.2) is 0 Å². The first-order chi connectivity index (χ1) is 5.54. The fourth-order valence-corrected chi connectivity index (χ4v) is 1.32. The molecule has 5 nitrogen and oxygen atoms in total. The molecule has 1 aromatic heterocycles. The highest BCUT2D eigenvalue weighted by molar-refractivity contribution is 8.13. The van der Waals surface area contributed by atoms with Crippen molar-refractivity contribution in [3.8, 4) is 0 Å². The smallest absolute Gasteiger partial charge is 0.262 e. The lowest BCUT2D eigenvalue weighted by Gasteiger charge is -1.85. The number of nitrogens with one attached hydrogen (secondary N) is 1. The van der Waals surface area contributed by atoms with Crippen LogP contribution in [0, 0.1) is 0 Å². The topological polar surface area (TPSA) is 75.7 Å². The van der Waals surface area contributed by atoms with Crippen molar-refractivity contribution in [2.45, 2.75) is 24.9 Å². The Morgan fingerprint density at radius 2 is 2.25 bits per heavy atom. The molecule has 0 bridgehead atoms. The molecule has 0 fully saturated rings. The fraction of sp³-hybridized carbons (Fsp3) is 0.600. The first-order valence-electron chi connectivity index (χ1n) is 3.40. The quantitative estimate of drug-likeness (QED) is 0.743. The van der Waals surface area contributed by atoms with E-state index < -0.39 is 9.05 Å². The number of halogens is 1. The third-order valence-corrected chi connectivity index (χ3v) is 2.25. The van der Waals surface area contributed by atoms with Gasteiger partial charge in [-0.1, -0.05) is 6.92 Å². The van der Waals surface area contributed by atoms with Gasteiger partial charge in [-0.2, -0.15) is 0 Å². The van der Waals surface area contributed by atoms with E-state index in [0.717, 1.165) is 6.42 Å². The summed E-state index contributed by atoms with van der Waals surface area (Å²) in [6, 6.07) is 0. The third kappa shape index (κ3) is 2.18. The number of nitrogens with zero attached hydrogens (tertiary/aromatic N) is 2. The van der Waals surface area contributed by atoms with Crippen molar-refractivity contribution in [1.29, 1.82) is 0 Å². The zero-order chi connectivity index (χ0) is 9.19. The molecule has 0 radical (unpaired) electrons. The van der Waals surface area contributed by atoms with E-state index in [2.05, 4.69) is 15.2 Å². The monoisotopic (exact) mass is 209 g/mol. The number of aromatic amines is 1. The van der Waals surface area contributed by atoms with Crippen molar-refractivity contribution in [2.75, 3.05) is 0 Å². The summed E-state index contributed by atoms with van der Waals surface area (Å²) in [5.41, 5.74) is 0. The molecular weight excluding hydrogens is 202 g/mol. The van der Waals surface area contributed by atoms with Gasteiger partial charge < -0.3 is 0 Å². The highest BCUT2D eigenvalue weighted by atomic mass is 35.7. The maximum Gasteiger partial charge on any atom is 0.298 e. The summed E-state index contributed by atoms with van der Waals surface area (Å²) in [5, 5.41) is 5.58. The zero-order valence-electron chi connectivity index (χ0n) is 6.41. The molecule has 7 heteroatoms. The summed E-state index contributed by atoms with van der Waals surface area (Å²) in [6.07, 6.45) is 1.54. The maximum atomic E-state index is 10.7. The van der Waals surface area contributed by atoms with E-state index in [1.165, 1.54) is 0 Å².